The van der Waals surface area contributed by atoms with E-state index in [0.717, 1.165) is 0 Å². The first-order chi connectivity index (χ1) is 10.9. The smallest absolute Gasteiger partial charge is 0.330 e. The van der Waals surface area contributed by atoms with Crippen molar-refractivity contribution in [3.05, 3.63) is 41.4 Å². The number of rotatable bonds is 9. The number of hydrogen-bond donors (Lipinski definition) is 2. The van der Waals surface area contributed by atoms with Crippen LogP contribution < -0.4 is 10.1 Å². The second kappa shape index (κ2) is 9.17. The van der Waals surface area contributed by atoms with E-state index >= 15 is 0 Å². The number of hydrogen-bond acceptors (Lipinski definition) is 4. The van der Waals surface area contributed by atoms with Gasteiger partial charge in [0.2, 0.25) is 5.91 Å². The Kier molecular flexibility index (Phi) is 7.57. The van der Waals surface area contributed by atoms with Gasteiger partial charge in [-0.15, -0.1) is 6.58 Å². The minimum atomic E-state index is -1.23. The monoisotopic (exact) mass is 341 g/mol. The van der Waals surface area contributed by atoms with Gasteiger partial charge >= 0.3 is 5.97 Å². The van der Waals surface area contributed by atoms with Crippen LogP contribution >= 0.6 is 11.6 Å². The van der Waals surface area contributed by atoms with Crippen LogP contribution in [0.1, 0.15) is 24.9 Å². The largest absolute Gasteiger partial charge is 0.495 e. The summed E-state index contributed by atoms with van der Waals surface area (Å²) in [6.07, 6.45) is 1.50. The summed E-state index contributed by atoms with van der Waals surface area (Å²) in [4.78, 5) is 23.5. The number of ether oxygens (including phenoxy) is 2. The molecule has 0 aliphatic carbocycles. The highest BCUT2D eigenvalue weighted by Gasteiger charge is 2.25. The fourth-order valence-corrected chi connectivity index (χ4v) is 2.08. The summed E-state index contributed by atoms with van der Waals surface area (Å²) in [5, 5.41) is 12.0. The summed E-state index contributed by atoms with van der Waals surface area (Å²) < 4.78 is 10.3. The maximum atomic E-state index is 12.1. The van der Waals surface area contributed by atoms with E-state index in [1.54, 1.807) is 19.1 Å². The predicted octanol–water partition coefficient (Wildman–Crippen LogP) is 2.57. The Hall–Kier alpha value is -2.05. The van der Waals surface area contributed by atoms with Crippen LogP contribution in [0.25, 0.3) is 0 Å². The minimum Gasteiger partial charge on any atom is -0.495 e. The van der Waals surface area contributed by atoms with E-state index < -0.39 is 24.0 Å². The van der Waals surface area contributed by atoms with Gasteiger partial charge in [-0.05, 0) is 31.0 Å². The van der Waals surface area contributed by atoms with Crippen molar-refractivity contribution in [2.45, 2.75) is 25.5 Å². The summed E-state index contributed by atoms with van der Waals surface area (Å²) in [6, 6.07) is 3.30. The molecule has 0 aliphatic heterocycles. The van der Waals surface area contributed by atoms with Gasteiger partial charge in [-0.1, -0.05) is 23.7 Å². The number of carbonyl (C=O) groups is 2. The van der Waals surface area contributed by atoms with Gasteiger partial charge in [0.25, 0.3) is 0 Å². The number of halogens is 1. The molecule has 23 heavy (non-hydrogen) atoms. The topological polar surface area (TPSA) is 84.9 Å². The summed E-state index contributed by atoms with van der Waals surface area (Å²) >= 11 is 6.00. The van der Waals surface area contributed by atoms with Crippen LogP contribution in [-0.4, -0.2) is 36.8 Å². The van der Waals surface area contributed by atoms with Gasteiger partial charge in [-0.3, -0.25) is 4.79 Å². The van der Waals surface area contributed by atoms with Crippen LogP contribution in [0.3, 0.4) is 0 Å². The highest BCUT2D eigenvalue weighted by Crippen LogP contribution is 2.27. The van der Waals surface area contributed by atoms with Crippen molar-refractivity contribution >= 4 is 23.5 Å². The Balaban J connectivity index is 2.83. The van der Waals surface area contributed by atoms with Gasteiger partial charge in [-0.25, -0.2) is 4.79 Å². The maximum Gasteiger partial charge on any atom is 0.330 e. The van der Waals surface area contributed by atoms with Crippen molar-refractivity contribution in [2.24, 2.45) is 0 Å². The van der Waals surface area contributed by atoms with E-state index in [0.29, 0.717) is 24.3 Å². The van der Waals surface area contributed by atoms with Gasteiger partial charge in [0, 0.05) is 0 Å². The predicted molar refractivity (Wildman–Crippen MR) is 86.8 cm³/mol. The zero-order chi connectivity index (χ0) is 17.4. The molecule has 1 amide bonds. The lowest BCUT2D eigenvalue weighted by molar-refractivity contribution is -0.144. The second-order valence-electron chi connectivity index (χ2n) is 4.76. The first-order valence-electron chi connectivity index (χ1n) is 6.99. The highest BCUT2D eigenvalue weighted by atomic mass is 35.5. The number of benzene rings is 1. The molecule has 6 nitrogen and oxygen atoms in total. The lowest BCUT2D eigenvalue weighted by atomic mass is 10.1. The van der Waals surface area contributed by atoms with Crippen molar-refractivity contribution in [3.63, 3.8) is 0 Å². The number of nitrogens with one attached hydrogen (secondary N) is 1. The Morgan fingerprint density at radius 1 is 1.48 bits per heavy atom. The minimum absolute atomic E-state index is 0.265. The molecule has 0 radical (unpaired) electrons. The number of aliphatic carboxylic acids is 1. The van der Waals surface area contributed by atoms with Gasteiger partial charge in [0.05, 0.1) is 18.7 Å². The van der Waals surface area contributed by atoms with Crippen LogP contribution in [0, 0.1) is 0 Å². The molecule has 0 saturated heterocycles. The van der Waals surface area contributed by atoms with Crippen LogP contribution in [0.15, 0.2) is 30.9 Å². The Morgan fingerprint density at radius 3 is 2.70 bits per heavy atom. The Bertz CT molecular complexity index is 576. The molecule has 0 bridgehead atoms. The third kappa shape index (κ3) is 5.58. The summed E-state index contributed by atoms with van der Waals surface area (Å²) in [7, 11) is 1.46. The number of carboxylic acid groups (broad SMARTS) is 1. The molecule has 2 atom stereocenters. The third-order valence-corrected chi connectivity index (χ3v) is 3.40. The zero-order valence-electron chi connectivity index (χ0n) is 13.0. The standard InChI is InChI=1S/C16H20ClNO5/c1-4-5-8-23-10(2)15(19)18-14(16(20)21)11-6-7-13(22-3)12(17)9-11/h4,6-7,9-10,14H,1,5,8H2,2-3H3,(H,18,19)(H,20,21). The number of carboxylic acids is 1. The molecule has 2 N–H and O–H groups in total. The normalized spacial score (nSPS) is 13.0. The lowest BCUT2D eigenvalue weighted by Crippen LogP contribution is -2.40. The number of methoxy groups -OCH3 is 1. The van der Waals surface area contributed by atoms with Crippen molar-refractivity contribution in [3.8, 4) is 5.75 Å². The average Bonchev–Trinajstić information content (AvgIpc) is 2.52. The van der Waals surface area contributed by atoms with Gasteiger partial charge < -0.3 is 19.9 Å². The summed E-state index contributed by atoms with van der Waals surface area (Å²) in [5.41, 5.74) is 0.343. The molecule has 0 heterocycles. The molecule has 1 aromatic carbocycles. The fraction of sp³-hybridized carbons (Fsp3) is 0.375. The van der Waals surface area contributed by atoms with Crippen LogP contribution in [0.5, 0.6) is 5.75 Å². The molecule has 0 saturated carbocycles. The van der Waals surface area contributed by atoms with Gasteiger partial charge in [0.1, 0.15) is 11.9 Å². The molecular formula is C16H20ClNO5. The quantitative estimate of drug-likeness (QED) is 0.532. The third-order valence-electron chi connectivity index (χ3n) is 3.10. The van der Waals surface area contributed by atoms with E-state index in [1.165, 1.54) is 19.2 Å². The number of amides is 1. The van der Waals surface area contributed by atoms with Gasteiger partial charge in [-0.2, -0.15) is 0 Å². The van der Waals surface area contributed by atoms with E-state index in [2.05, 4.69) is 11.9 Å². The molecule has 1 aromatic rings. The Labute approximate surface area is 140 Å². The van der Waals surface area contributed by atoms with Crippen molar-refractivity contribution < 1.29 is 24.2 Å². The zero-order valence-corrected chi connectivity index (χ0v) is 13.8. The highest BCUT2D eigenvalue weighted by molar-refractivity contribution is 6.32. The summed E-state index contributed by atoms with van der Waals surface area (Å²) in [5.74, 6) is -1.29. The van der Waals surface area contributed by atoms with Gasteiger partial charge in [0.15, 0.2) is 6.04 Å². The summed E-state index contributed by atoms with van der Waals surface area (Å²) in [6.45, 7) is 5.45. The first kappa shape index (κ1) is 19.0. The van der Waals surface area contributed by atoms with E-state index in [4.69, 9.17) is 21.1 Å². The van der Waals surface area contributed by atoms with Crippen molar-refractivity contribution in [1.29, 1.82) is 0 Å². The average molecular weight is 342 g/mol. The molecule has 0 aromatic heterocycles. The molecule has 7 heteroatoms. The Morgan fingerprint density at radius 2 is 2.17 bits per heavy atom. The van der Waals surface area contributed by atoms with Crippen LogP contribution in [-0.2, 0) is 14.3 Å². The molecule has 126 valence electrons. The first-order valence-corrected chi connectivity index (χ1v) is 7.37. The van der Waals surface area contributed by atoms with E-state index in [9.17, 15) is 14.7 Å². The van der Waals surface area contributed by atoms with E-state index in [1.807, 2.05) is 0 Å². The molecule has 0 aliphatic rings. The molecule has 0 spiro atoms. The van der Waals surface area contributed by atoms with Crippen molar-refractivity contribution in [2.75, 3.05) is 13.7 Å². The van der Waals surface area contributed by atoms with Crippen LogP contribution in [0.2, 0.25) is 5.02 Å². The maximum absolute atomic E-state index is 12.1. The molecular weight excluding hydrogens is 322 g/mol. The fourth-order valence-electron chi connectivity index (χ4n) is 1.81. The van der Waals surface area contributed by atoms with E-state index in [-0.39, 0.29) is 5.02 Å². The molecule has 0 fully saturated rings. The molecule has 2 unspecified atom stereocenters. The lowest BCUT2D eigenvalue weighted by Gasteiger charge is -2.19. The number of carbonyl (C=O) groups excluding carboxylic acids is 1. The second-order valence-corrected chi connectivity index (χ2v) is 5.17. The van der Waals surface area contributed by atoms with Crippen molar-refractivity contribution in [1.82, 2.24) is 5.32 Å². The van der Waals surface area contributed by atoms with Crippen LogP contribution in [0.4, 0.5) is 0 Å². The SMILES string of the molecule is C=CCCOC(C)C(=O)NC(C(=O)O)c1ccc(OC)c(Cl)c1. The molecule has 1 rings (SSSR count).